The van der Waals surface area contributed by atoms with E-state index in [4.69, 9.17) is 9.15 Å². The number of methoxy groups -OCH3 is 1. The molecule has 2 heterocycles. The lowest BCUT2D eigenvalue weighted by molar-refractivity contribution is 0.0927. The van der Waals surface area contributed by atoms with Crippen LogP contribution in [0.3, 0.4) is 0 Å². The van der Waals surface area contributed by atoms with Crippen LogP contribution < -0.4 is 15.0 Å². The zero-order valence-corrected chi connectivity index (χ0v) is 17.2. The number of nitrogens with zero attached hydrogens (tertiary/aromatic N) is 2. The van der Waals surface area contributed by atoms with E-state index in [1.54, 1.807) is 13.2 Å². The number of nitrogens with one attached hydrogen (secondary N) is 1. The number of pyridine rings is 1. The average molecular weight is 403 g/mol. The Hall–Kier alpha value is -3.54. The van der Waals surface area contributed by atoms with Crippen LogP contribution in [-0.4, -0.2) is 37.6 Å². The number of fused-ring (bicyclic) bond motifs is 2. The summed E-state index contributed by atoms with van der Waals surface area (Å²) in [5.74, 6) is 0.814. The van der Waals surface area contributed by atoms with Crippen LogP contribution in [0.4, 0.5) is 5.69 Å². The summed E-state index contributed by atoms with van der Waals surface area (Å²) in [5.41, 5.74) is 2.45. The smallest absolute Gasteiger partial charge is 0.287 e. The third-order valence-corrected chi connectivity index (χ3v) is 5.13. The first kappa shape index (κ1) is 19.8. The molecule has 0 aliphatic heterocycles. The van der Waals surface area contributed by atoms with Crippen LogP contribution in [0.25, 0.3) is 22.0 Å². The second-order valence-electron chi connectivity index (χ2n) is 7.08. The van der Waals surface area contributed by atoms with Crippen molar-refractivity contribution >= 4 is 33.6 Å². The van der Waals surface area contributed by atoms with Gasteiger partial charge in [0.15, 0.2) is 5.76 Å². The molecule has 0 atom stereocenters. The Balaban J connectivity index is 1.39. The fourth-order valence-electron chi connectivity index (χ4n) is 3.52. The van der Waals surface area contributed by atoms with E-state index in [1.165, 1.54) is 5.69 Å². The first-order chi connectivity index (χ1) is 14.7. The van der Waals surface area contributed by atoms with Gasteiger partial charge in [0.2, 0.25) is 5.71 Å². The molecule has 6 heteroatoms. The van der Waals surface area contributed by atoms with Crippen molar-refractivity contribution in [2.45, 2.75) is 13.3 Å². The molecule has 0 radical (unpaired) electrons. The SMILES string of the molecule is CCN(CCCNC(=O)c1cc2cc3cc(OC)ccc3nc2o1)c1ccccc1. The predicted octanol–water partition coefficient (Wildman–Crippen LogP) is 4.64. The second kappa shape index (κ2) is 8.86. The molecule has 30 heavy (non-hydrogen) atoms. The van der Waals surface area contributed by atoms with Gasteiger partial charge in [-0.15, -0.1) is 0 Å². The lowest BCUT2D eigenvalue weighted by Gasteiger charge is -2.23. The van der Waals surface area contributed by atoms with Gasteiger partial charge in [-0.1, -0.05) is 18.2 Å². The van der Waals surface area contributed by atoms with Crippen LogP contribution >= 0.6 is 0 Å². The molecule has 0 bridgehead atoms. The number of aromatic nitrogens is 1. The minimum atomic E-state index is -0.225. The molecule has 154 valence electrons. The highest BCUT2D eigenvalue weighted by Crippen LogP contribution is 2.25. The highest BCUT2D eigenvalue weighted by atomic mass is 16.5. The number of ether oxygens (including phenoxy) is 1. The van der Waals surface area contributed by atoms with Crippen molar-refractivity contribution in [3.05, 3.63) is 66.4 Å². The van der Waals surface area contributed by atoms with Gasteiger partial charge >= 0.3 is 0 Å². The van der Waals surface area contributed by atoms with Crippen molar-refractivity contribution in [2.75, 3.05) is 31.6 Å². The quantitative estimate of drug-likeness (QED) is 0.434. The molecule has 6 nitrogen and oxygen atoms in total. The van der Waals surface area contributed by atoms with Crippen LogP contribution in [-0.2, 0) is 0 Å². The first-order valence-corrected chi connectivity index (χ1v) is 10.1. The van der Waals surface area contributed by atoms with Crippen LogP contribution in [0.2, 0.25) is 0 Å². The summed E-state index contributed by atoms with van der Waals surface area (Å²) in [5, 5.41) is 4.68. The molecule has 4 rings (SSSR count). The van der Waals surface area contributed by atoms with E-state index in [0.29, 0.717) is 12.3 Å². The monoisotopic (exact) mass is 403 g/mol. The first-order valence-electron chi connectivity index (χ1n) is 10.1. The van der Waals surface area contributed by atoms with Gasteiger partial charge in [-0.05, 0) is 55.8 Å². The van der Waals surface area contributed by atoms with Crippen LogP contribution in [0.1, 0.15) is 23.9 Å². The molecule has 0 aliphatic rings. The van der Waals surface area contributed by atoms with Crippen LogP contribution in [0, 0.1) is 0 Å². The Morgan fingerprint density at radius 2 is 1.93 bits per heavy atom. The molecule has 4 aromatic rings. The Morgan fingerprint density at radius 3 is 2.70 bits per heavy atom. The molecule has 2 aromatic carbocycles. The third-order valence-electron chi connectivity index (χ3n) is 5.13. The number of amides is 1. The molecule has 0 saturated heterocycles. The molecule has 1 amide bonds. The van der Waals surface area contributed by atoms with E-state index in [1.807, 2.05) is 42.5 Å². The summed E-state index contributed by atoms with van der Waals surface area (Å²) in [6, 6.07) is 19.6. The molecular weight excluding hydrogens is 378 g/mol. The van der Waals surface area contributed by atoms with Crippen molar-refractivity contribution in [1.82, 2.24) is 10.3 Å². The maximum Gasteiger partial charge on any atom is 0.287 e. The Kier molecular flexibility index (Phi) is 5.84. The second-order valence-corrected chi connectivity index (χ2v) is 7.08. The van der Waals surface area contributed by atoms with E-state index in [-0.39, 0.29) is 11.7 Å². The maximum atomic E-state index is 12.5. The third kappa shape index (κ3) is 4.22. The Bertz CT molecular complexity index is 1150. The molecule has 0 aliphatic carbocycles. The number of hydrogen-bond acceptors (Lipinski definition) is 5. The number of carbonyl (C=O) groups is 1. The predicted molar refractivity (Wildman–Crippen MR) is 119 cm³/mol. The zero-order chi connectivity index (χ0) is 20.9. The lowest BCUT2D eigenvalue weighted by Crippen LogP contribution is -2.29. The summed E-state index contributed by atoms with van der Waals surface area (Å²) in [4.78, 5) is 19.3. The van der Waals surface area contributed by atoms with Crippen molar-refractivity contribution in [2.24, 2.45) is 0 Å². The summed E-state index contributed by atoms with van der Waals surface area (Å²) in [7, 11) is 1.63. The average Bonchev–Trinajstić information content (AvgIpc) is 3.20. The van der Waals surface area contributed by atoms with Gasteiger partial charge in [-0.3, -0.25) is 4.79 Å². The molecule has 2 aromatic heterocycles. The molecule has 0 fully saturated rings. The van der Waals surface area contributed by atoms with E-state index >= 15 is 0 Å². The number of benzene rings is 2. The summed E-state index contributed by atoms with van der Waals surface area (Å²) < 4.78 is 11.0. The van der Waals surface area contributed by atoms with E-state index in [0.717, 1.165) is 41.5 Å². The molecule has 0 spiro atoms. The number of rotatable bonds is 8. The summed E-state index contributed by atoms with van der Waals surface area (Å²) in [6.07, 6.45) is 0.844. The van der Waals surface area contributed by atoms with Gasteiger partial charge in [0, 0.05) is 36.1 Å². The Labute approximate surface area is 175 Å². The van der Waals surface area contributed by atoms with Crippen LogP contribution in [0.5, 0.6) is 5.75 Å². The van der Waals surface area contributed by atoms with E-state index < -0.39 is 0 Å². The van der Waals surface area contributed by atoms with Gasteiger partial charge in [-0.25, -0.2) is 4.98 Å². The fourth-order valence-corrected chi connectivity index (χ4v) is 3.52. The number of carbonyl (C=O) groups excluding carboxylic acids is 1. The summed E-state index contributed by atoms with van der Waals surface area (Å²) in [6.45, 7) is 4.50. The minimum absolute atomic E-state index is 0.225. The van der Waals surface area contributed by atoms with Crippen LogP contribution in [0.15, 0.2) is 65.1 Å². The maximum absolute atomic E-state index is 12.5. The molecule has 0 unspecified atom stereocenters. The van der Waals surface area contributed by atoms with Gasteiger partial charge in [0.05, 0.1) is 12.6 Å². The van der Waals surface area contributed by atoms with Crippen molar-refractivity contribution in [3.63, 3.8) is 0 Å². The van der Waals surface area contributed by atoms with Gasteiger partial charge in [0.25, 0.3) is 5.91 Å². The number of furan rings is 1. The number of para-hydroxylation sites is 1. The molecular formula is C24H25N3O3. The fraction of sp³-hybridized carbons (Fsp3) is 0.250. The highest BCUT2D eigenvalue weighted by Gasteiger charge is 2.14. The zero-order valence-electron chi connectivity index (χ0n) is 17.2. The van der Waals surface area contributed by atoms with Crippen molar-refractivity contribution in [1.29, 1.82) is 0 Å². The highest BCUT2D eigenvalue weighted by molar-refractivity contribution is 5.98. The van der Waals surface area contributed by atoms with Gasteiger partial charge in [-0.2, -0.15) is 0 Å². The Morgan fingerprint density at radius 1 is 1.10 bits per heavy atom. The lowest BCUT2D eigenvalue weighted by atomic mass is 10.2. The van der Waals surface area contributed by atoms with Crippen molar-refractivity contribution in [3.8, 4) is 5.75 Å². The van der Waals surface area contributed by atoms with E-state index in [2.05, 4.69) is 34.3 Å². The standard InChI is InChI=1S/C24H25N3O3/c1-3-27(19-8-5-4-6-9-19)13-7-12-25-23(28)22-16-18-14-17-15-20(29-2)10-11-21(17)26-24(18)30-22/h4-6,8-11,14-16H,3,7,12-13H2,1-2H3,(H,25,28). The normalized spacial score (nSPS) is 11.0. The van der Waals surface area contributed by atoms with Crippen molar-refractivity contribution < 1.29 is 13.9 Å². The summed E-state index contributed by atoms with van der Waals surface area (Å²) >= 11 is 0. The topological polar surface area (TPSA) is 67.6 Å². The van der Waals surface area contributed by atoms with E-state index in [9.17, 15) is 4.79 Å². The molecule has 0 saturated carbocycles. The largest absolute Gasteiger partial charge is 0.497 e. The number of anilines is 1. The minimum Gasteiger partial charge on any atom is -0.497 e. The van der Waals surface area contributed by atoms with Gasteiger partial charge < -0.3 is 19.4 Å². The van der Waals surface area contributed by atoms with Gasteiger partial charge in [0.1, 0.15) is 5.75 Å². The molecule has 1 N–H and O–H groups in total. The number of hydrogen-bond donors (Lipinski definition) is 1.